The third kappa shape index (κ3) is 5.92. The van der Waals surface area contributed by atoms with Gasteiger partial charge in [0.15, 0.2) is 17.5 Å². The number of hydrogen-bond donors (Lipinski definition) is 0. The van der Waals surface area contributed by atoms with Crippen LogP contribution in [0.5, 0.6) is 0 Å². The third-order valence-corrected chi connectivity index (χ3v) is 10.8. The molecule has 0 aliphatic heterocycles. The van der Waals surface area contributed by atoms with Gasteiger partial charge in [-0.25, -0.2) is 19.9 Å². The Balaban J connectivity index is 1.10. The Bertz CT molecular complexity index is 3210. The summed E-state index contributed by atoms with van der Waals surface area (Å²) in [6, 6.07) is 62.7. The number of para-hydroxylation sites is 1. The summed E-state index contributed by atoms with van der Waals surface area (Å²) in [5.74, 6) is 1.78. The van der Waals surface area contributed by atoms with Crippen LogP contribution in [-0.2, 0) is 0 Å². The van der Waals surface area contributed by atoms with Gasteiger partial charge < -0.3 is 0 Å². The Kier molecular flexibility index (Phi) is 8.04. The Morgan fingerprint density at radius 2 is 0.862 bits per heavy atom. The minimum absolute atomic E-state index is 0.590. The van der Waals surface area contributed by atoms with Gasteiger partial charge in [-0.3, -0.25) is 9.97 Å². The molecule has 0 fully saturated rings. The van der Waals surface area contributed by atoms with Crippen LogP contribution < -0.4 is 0 Å². The highest BCUT2D eigenvalue weighted by molar-refractivity contribution is 6.24. The minimum atomic E-state index is 0.590. The van der Waals surface area contributed by atoms with Crippen LogP contribution in [0.3, 0.4) is 0 Å². The SMILES string of the molecule is c1ccc(-c2ccc(-c3nc(-c4ccc(-c5ccccn5)cc4)nc(-c4cccc5c4ccc4c(-c6ccc7ccccc7c6)nc6ccccc6c45)n3)cc2)nc1. The molecule has 0 spiro atoms. The van der Waals surface area contributed by atoms with E-state index in [-0.39, 0.29) is 0 Å². The molecule has 58 heavy (non-hydrogen) atoms. The standard InChI is InChI=1S/C52H32N6/c1-2-11-38-32-39(27-18-33(38)10-1)49-44-29-28-40-41(48(44)43-12-3-4-17-47(43)55-49)13-9-14-42(40)52-57-50(36-23-19-34(20-24-36)45-15-5-7-30-53-45)56-51(58-52)37-25-21-35(22-26-37)46-16-6-8-31-54-46/h1-32H. The molecule has 6 nitrogen and oxygen atoms in total. The molecule has 0 amide bonds. The second kappa shape index (κ2) is 14.0. The Morgan fingerprint density at radius 3 is 1.53 bits per heavy atom. The van der Waals surface area contributed by atoms with E-state index >= 15 is 0 Å². The molecule has 11 aromatic rings. The van der Waals surface area contributed by atoms with Crippen molar-refractivity contribution in [1.82, 2.24) is 29.9 Å². The molecule has 0 saturated heterocycles. The lowest BCUT2D eigenvalue weighted by Gasteiger charge is -2.15. The molecule has 7 aromatic carbocycles. The van der Waals surface area contributed by atoms with Crippen molar-refractivity contribution >= 4 is 43.2 Å². The van der Waals surface area contributed by atoms with Crippen LogP contribution in [0.4, 0.5) is 0 Å². The molecule has 0 N–H and O–H groups in total. The molecule has 4 heterocycles. The van der Waals surface area contributed by atoms with Gasteiger partial charge in [0.05, 0.1) is 22.6 Å². The summed E-state index contributed by atoms with van der Waals surface area (Å²) >= 11 is 0. The van der Waals surface area contributed by atoms with Crippen LogP contribution >= 0.6 is 0 Å². The van der Waals surface area contributed by atoms with Crippen LogP contribution in [0.1, 0.15) is 0 Å². The lowest BCUT2D eigenvalue weighted by atomic mass is 9.92. The van der Waals surface area contributed by atoms with Crippen molar-refractivity contribution in [3.05, 3.63) is 194 Å². The minimum Gasteiger partial charge on any atom is -0.256 e. The fraction of sp³-hybridized carbons (Fsp3) is 0. The monoisotopic (exact) mass is 740 g/mol. The number of pyridine rings is 3. The van der Waals surface area contributed by atoms with Crippen molar-refractivity contribution in [3.63, 3.8) is 0 Å². The van der Waals surface area contributed by atoms with Gasteiger partial charge in [0.25, 0.3) is 0 Å². The Hall–Kier alpha value is -7.96. The number of fused-ring (bicyclic) bond motifs is 6. The maximum Gasteiger partial charge on any atom is 0.164 e. The van der Waals surface area contributed by atoms with Crippen LogP contribution in [0.2, 0.25) is 0 Å². The lowest BCUT2D eigenvalue weighted by molar-refractivity contribution is 1.08. The van der Waals surface area contributed by atoms with Crippen LogP contribution in [-0.4, -0.2) is 29.9 Å². The highest BCUT2D eigenvalue weighted by Gasteiger charge is 2.18. The first-order chi connectivity index (χ1) is 28.7. The Labute approximate surface area is 334 Å². The number of aromatic nitrogens is 6. The highest BCUT2D eigenvalue weighted by Crippen LogP contribution is 2.40. The second-order valence-corrected chi connectivity index (χ2v) is 14.3. The molecule has 0 unspecified atom stereocenters. The van der Waals surface area contributed by atoms with Crippen molar-refractivity contribution < 1.29 is 0 Å². The largest absolute Gasteiger partial charge is 0.256 e. The van der Waals surface area contributed by atoms with Gasteiger partial charge >= 0.3 is 0 Å². The number of hydrogen-bond acceptors (Lipinski definition) is 6. The highest BCUT2D eigenvalue weighted by atomic mass is 15.0. The van der Waals surface area contributed by atoms with Crippen molar-refractivity contribution in [2.75, 3.05) is 0 Å². The summed E-state index contributed by atoms with van der Waals surface area (Å²) in [6.45, 7) is 0. The quantitative estimate of drug-likeness (QED) is 0.158. The van der Waals surface area contributed by atoms with E-state index in [0.29, 0.717) is 17.5 Å². The van der Waals surface area contributed by atoms with Gasteiger partial charge in [0, 0.05) is 61.9 Å². The van der Waals surface area contributed by atoms with Gasteiger partial charge in [0.2, 0.25) is 0 Å². The molecular weight excluding hydrogens is 709 g/mol. The van der Waals surface area contributed by atoms with Crippen molar-refractivity contribution in [3.8, 4) is 67.9 Å². The van der Waals surface area contributed by atoms with Gasteiger partial charge in [-0.1, -0.05) is 146 Å². The molecular formula is C52H32N6. The summed E-state index contributed by atoms with van der Waals surface area (Å²) in [5.41, 5.74) is 9.55. The summed E-state index contributed by atoms with van der Waals surface area (Å²) in [5, 5.41) is 7.90. The number of rotatable bonds is 6. The molecule has 0 bridgehead atoms. The molecule has 0 aliphatic carbocycles. The topological polar surface area (TPSA) is 77.3 Å². The summed E-state index contributed by atoms with van der Waals surface area (Å²) < 4.78 is 0. The van der Waals surface area contributed by atoms with E-state index in [9.17, 15) is 0 Å². The molecule has 0 aliphatic rings. The average Bonchev–Trinajstić information content (AvgIpc) is 3.31. The third-order valence-electron chi connectivity index (χ3n) is 10.8. The van der Waals surface area contributed by atoms with Crippen molar-refractivity contribution in [2.24, 2.45) is 0 Å². The fourth-order valence-electron chi connectivity index (χ4n) is 7.96. The van der Waals surface area contributed by atoms with Crippen molar-refractivity contribution in [1.29, 1.82) is 0 Å². The summed E-state index contributed by atoms with van der Waals surface area (Å²) in [4.78, 5) is 29.8. The molecule has 4 aromatic heterocycles. The molecule has 270 valence electrons. The van der Waals surface area contributed by atoms with Crippen LogP contribution in [0.15, 0.2) is 194 Å². The smallest absolute Gasteiger partial charge is 0.164 e. The van der Waals surface area contributed by atoms with E-state index in [4.69, 9.17) is 19.9 Å². The zero-order valence-electron chi connectivity index (χ0n) is 31.2. The second-order valence-electron chi connectivity index (χ2n) is 14.3. The zero-order valence-corrected chi connectivity index (χ0v) is 31.2. The van der Waals surface area contributed by atoms with E-state index < -0.39 is 0 Å². The molecule has 11 rings (SSSR count). The normalized spacial score (nSPS) is 11.4. The summed E-state index contributed by atoms with van der Waals surface area (Å²) in [7, 11) is 0. The first-order valence-electron chi connectivity index (χ1n) is 19.3. The van der Waals surface area contributed by atoms with Gasteiger partial charge in [-0.05, 0) is 57.9 Å². The molecule has 0 radical (unpaired) electrons. The first-order valence-corrected chi connectivity index (χ1v) is 19.3. The number of benzene rings is 7. The maximum atomic E-state index is 5.27. The van der Waals surface area contributed by atoms with E-state index in [1.54, 1.807) is 0 Å². The summed E-state index contributed by atoms with van der Waals surface area (Å²) in [6.07, 6.45) is 3.62. The molecule has 6 heteroatoms. The van der Waals surface area contributed by atoms with Gasteiger partial charge in [-0.2, -0.15) is 0 Å². The molecule has 0 saturated carbocycles. The molecule has 0 atom stereocenters. The maximum absolute atomic E-state index is 5.27. The average molecular weight is 741 g/mol. The lowest BCUT2D eigenvalue weighted by Crippen LogP contribution is -2.01. The van der Waals surface area contributed by atoms with E-state index in [0.717, 1.165) is 82.9 Å². The van der Waals surface area contributed by atoms with E-state index in [1.165, 1.54) is 10.8 Å². The Morgan fingerprint density at radius 1 is 0.310 bits per heavy atom. The van der Waals surface area contributed by atoms with E-state index in [1.807, 2.05) is 48.8 Å². The number of nitrogens with zero attached hydrogens (tertiary/aromatic N) is 6. The zero-order chi connectivity index (χ0) is 38.4. The van der Waals surface area contributed by atoms with Gasteiger partial charge in [0.1, 0.15) is 0 Å². The van der Waals surface area contributed by atoms with Gasteiger partial charge in [-0.15, -0.1) is 0 Å². The predicted molar refractivity (Wildman–Crippen MR) is 236 cm³/mol. The fourth-order valence-corrected chi connectivity index (χ4v) is 7.96. The predicted octanol–water partition coefficient (Wildman–Crippen LogP) is 12.7. The van der Waals surface area contributed by atoms with Crippen LogP contribution in [0, 0.1) is 0 Å². The van der Waals surface area contributed by atoms with Crippen LogP contribution in [0.25, 0.3) is 111 Å². The first kappa shape index (κ1) is 33.4. The van der Waals surface area contributed by atoms with E-state index in [2.05, 4.69) is 156 Å². The van der Waals surface area contributed by atoms with Crippen molar-refractivity contribution in [2.45, 2.75) is 0 Å².